The van der Waals surface area contributed by atoms with Crippen LogP contribution in [0.25, 0.3) is 0 Å². The number of rotatable bonds is 7. The third-order valence-electron chi connectivity index (χ3n) is 2.84. The van der Waals surface area contributed by atoms with Crippen LogP contribution in [-0.4, -0.2) is 26.8 Å². The van der Waals surface area contributed by atoms with Gasteiger partial charge in [-0.1, -0.05) is 19.9 Å². The van der Waals surface area contributed by atoms with Crippen molar-refractivity contribution >= 4 is 15.7 Å². The maximum Gasteiger partial charge on any atom is 0.215 e. The van der Waals surface area contributed by atoms with Crippen molar-refractivity contribution < 1.29 is 13.2 Å². The Morgan fingerprint density at radius 1 is 1.32 bits per heavy atom. The monoisotopic (exact) mass is 286 g/mol. The van der Waals surface area contributed by atoms with Gasteiger partial charge in [0.1, 0.15) is 12.4 Å². The van der Waals surface area contributed by atoms with E-state index in [1.165, 1.54) is 0 Å². The summed E-state index contributed by atoms with van der Waals surface area (Å²) in [6, 6.07) is 6.83. The van der Waals surface area contributed by atoms with Gasteiger partial charge in [-0.25, -0.2) is 13.1 Å². The summed E-state index contributed by atoms with van der Waals surface area (Å²) in [5.41, 5.74) is 6.19. The Morgan fingerprint density at radius 2 is 2.00 bits per heavy atom. The van der Waals surface area contributed by atoms with Crippen LogP contribution in [-0.2, 0) is 10.0 Å². The standard InChI is InChI=1S/C13H22N2O3S/c1-10(2)11(3)15-19(16,17)8-7-18-13-6-4-5-12(14)9-13/h4-6,9-11,15H,7-8,14H2,1-3H3. The van der Waals surface area contributed by atoms with Crippen molar-refractivity contribution in [1.29, 1.82) is 0 Å². The molecule has 6 heteroatoms. The molecule has 0 saturated carbocycles. The summed E-state index contributed by atoms with van der Waals surface area (Å²) < 4.78 is 31.6. The number of nitrogens with one attached hydrogen (secondary N) is 1. The largest absolute Gasteiger partial charge is 0.492 e. The molecule has 108 valence electrons. The number of sulfonamides is 1. The molecule has 0 spiro atoms. The van der Waals surface area contributed by atoms with Crippen molar-refractivity contribution in [1.82, 2.24) is 4.72 Å². The fraction of sp³-hybridized carbons (Fsp3) is 0.538. The van der Waals surface area contributed by atoms with Crippen molar-refractivity contribution in [3.8, 4) is 5.75 Å². The summed E-state index contributed by atoms with van der Waals surface area (Å²) >= 11 is 0. The Balaban J connectivity index is 2.44. The Labute approximate surface area is 115 Å². The molecule has 0 radical (unpaired) electrons. The van der Waals surface area contributed by atoms with Gasteiger partial charge in [-0.3, -0.25) is 0 Å². The molecule has 0 bridgehead atoms. The van der Waals surface area contributed by atoms with Crippen LogP contribution < -0.4 is 15.2 Å². The maximum absolute atomic E-state index is 11.8. The molecule has 0 fully saturated rings. The molecule has 5 nitrogen and oxygen atoms in total. The van der Waals surface area contributed by atoms with E-state index < -0.39 is 10.0 Å². The number of hydrogen-bond acceptors (Lipinski definition) is 4. The number of nitrogens with two attached hydrogens (primary N) is 1. The normalized spacial score (nSPS) is 13.5. The van der Waals surface area contributed by atoms with Gasteiger partial charge < -0.3 is 10.5 Å². The van der Waals surface area contributed by atoms with Crippen LogP contribution >= 0.6 is 0 Å². The summed E-state index contributed by atoms with van der Waals surface area (Å²) in [7, 11) is -3.31. The number of ether oxygens (including phenoxy) is 1. The Bertz CT molecular complexity index is 500. The lowest BCUT2D eigenvalue weighted by atomic mass is 10.1. The van der Waals surface area contributed by atoms with Gasteiger partial charge in [-0.15, -0.1) is 0 Å². The Hall–Kier alpha value is -1.27. The van der Waals surface area contributed by atoms with Gasteiger partial charge in [-0.2, -0.15) is 0 Å². The number of nitrogen functional groups attached to an aromatic ring is 1. The first-order valence-electron chi connectivity index (χ1n) is 6.28. The number of hydrogen-bond donors (Lipinski definition) is 2. The topological polar surface area (TPSA) is 81.4 Å². The third kappa shape index (κ3) is 5.94. The molecular formula is C13H22N2O3S. The molecule has 0 amide bonds. The fourth-order valence-corrected chi connectivity index (χ4v) is 2.61. The zero-order valence-electron chi connectivity index (χ0n) is 11.6. The van der Waals surface area contributed by atoms with E-state index in [0.717, 1.165) is 0 Å². The SMILES string of the molecule is CC(C)C(C)NS(=O)(=O)CCOc1cccc(N)c1. The smallest absolute Gasteiger partial charge is 0.215 e. The second kappa shape index (κ2) is 6.77. The van der Waals surface area contributed by atoms with Crippen LogP contribution in [0.15, 0.2) is 24.3 Å². The first kappa shape index (κ1) is 15.8. The van der Waals surface area contributed by atoms with E-state index in [2.05, 4.69) is 4.72 Å². The van der Waals surface area contributed by atoms with E-state index in [9.17, 15) is 8.42 Å². The molecule has 1 rings (SSSR count). The highest BCUT2D eigenvalue weighted by molar-refractivity contribution is 7.89. The predicted octanol–water partition coefficient (Wildman–Crippen LogP) is 1.61. The highest BCUT2D eigenvalue weighted by Gasteiger charge is 2.16. The molecule has 19 heavy (non-hydrogen) atoms. The van der Waals surface area contributed by atoms with E-state index in [0.29, 0.717) is 11.4 Å². The van der Waals surface area contributed by atoms with Crippen LogP contribution in [0.1, 0.15) is 20.8 Å². The minimum atomic E-state index is -3.31. The summed E-state index contributed by atoms with van der Waals surface area (Å²) in [4.78, 5) is 0. The Kier molecular flexibility index (Phi) is 5.62. The van der Waals surface area contributed by atoms with Gasteiger partial charge in [0, 0.05) is 17.8 Å². The van der Waals surface area contributed by atoms with Crippen LogP contribution in [0.2, 0.25) is 0 Å². The van der Waals surface area contributed by atoms with Gasteiger partial charge in [0.05, 0.1) is 5.75 Å². The summed E-state index contributed by atoms with van der Waals surface area (Å²) in [5, 5.41) is 0. The second-order valence-corrected chi connectivity index (χ2v) is 6.76. The van der Waals surface area contributed by atoms with Crippen molar-refractivity contribution in [2.75, 3.05) is 18.1 Å². The summed E-state index contributed by atoms with van der Waals surface area (Å²) in [6.07, 6.45) is 0. The molecule has 1 atom stereocenters. The van der Waals surface area contributed by atoms with Crippen molar-refractivity contribution in [2.45, 2.75) is 26.8 Å². The molecule has 0 aliphatic heterocycles. The predicted molar refractivity (Wildman–Crippen MR) is 77.6 cm³/mol. The van der Waals surface area contributed by atoms with Crippen LogP contribution in [0.5, 0.6) is 5.75 Å². The molecular weight excluding hydrogens is 264 g/mol. The first-order chi connectivity index (χ1) is 8.80. The van der Waals surface area contributed by atoms with E-state index in [1.807, 2.05) is 20.8 Å². The molecule has 1 aromatic carbocycles. The van der Waals surface area contributed by atoms with Crippen molar-refractivity contribution in [2.24, 2.45) is 5.92 Å². The van der Waals surface area contributed by atoms with Crippen molar-refractivity contribution in [3.63, 3.8) is 0 Å². The molecule has 0 aliphatic rings. The molecule has 0 aliphatic carbocycles. The van der Waals surface area contributed by atoms with Gasteiger partial charge >= 0.3 is 0 Å². The lowest BCUT2D eigenvalue weighted by molar-refractivity contribution is 0.339. The number of benzene rings is 1. The lowest BCUT2D eigenvalue weighted by Crippen LogP contribution is -2.38. The molecule has 1 unspecified atom stereocenters. The van der Waals surface area contributed by atoms with Gasteiger partial charge in [0.2, 0.25) is 10.0 Å². The third-order valence-corrected chi connectivity index (χ3v) is 4.28. The van der Waals surface area contributed by atoms with Gasteiger partial charge in [-0.05, 0) is 25.0 Å². The summed E-state index contributed by atoms with van der Waals surface area (Å²) in [5.74, 6) is 0.760. The van der Waals surface area contributed by atoms with Gasteiger partial charge in [0.25, 0.3) is 0 Å². The minimum absolute atomic E-state index is 0.0706. The maximum atomic E-state index is 11.8. The van der Waals surface area contributed by atoms with Crippen molar-refractivity contribution in [3.05, 3.63) is 24.3 Å². The molecule has 0 aromatic heterocycles. The first-order valence-corrected chi connectivity index (χ1v) is 7.94. The minimum Gasteiger partial charge on any atom is -0.492 e. The quantitative estimate of drug-likeness (QED) is 0.746. The molecule has 0 heterocycles. The average molecular weight is 286 g/mol. The second-order valence-electron chi connectivity index (χ2n) is 4.89. The van der Waals surface area contributed by atoms with E-state index >= 15 is 0 Å². The highest BCUT2D eigenvalue weighted by atomic mass is 32.2. The average Bonchev–Trinajstić information content (AvgIpc) is 2.27. The molecule has 1 aromatic rings. The van der Waals surface area contributed by atoms with E-state index in [4.69, 9.17) is 10.5 Å². The fourth-order valence-electron chi connectivity index (χ4n) is 1.35. The number of anilines is 1. The Morgan fingerprint density at radius 3 is 2.58 bits per heavy atom. The van der Waals surface area contributed by atoms with E-state index in [-0.39, 0.29) is 24.3 Å². The zero-order valence-corrected chi connectivity index (χ0v) is 12.4. The van der Waals surface area contributed by atoms with Gasteiger partial charge in [0.15, 0.2) is 0 Å². The highest BCUT2D eigenvalue weighted by Crippen LogP contribution is 2.14. The zero-order chi connectivity index (χ0) is 14.5. The van der Waals surface area contributed by atoms with Crippen LogP contribution in [0, 0.1) is 5.92 Å². The molecule has 3 N–H and O–H groups in total. The lowest BCUT2D eigenvalue weighted by Gasteiger charge is -2.17. The van der Waals surface area contributed by atoms with E-state index in [1.54, 1.807) is 24.3 Å². The van der Waals surface area contributed by atoms with Crippen LogP contribution in [0.3, 0.4) is 0 Å². The molecule has 0 saturated heterocycles. The summed E-state index contributed by atoms with van der Waals surface area (Å²) in [6.45, 7) is 5.89. The van der Waals surface area contributed by atoms with Crippen LogP contribution in [0.4, 0.5) is 5.69 Å².